The molecule has 2 aromatic carbocycles. The van der Waals surface area contributed by atoms with Gasteiger partial charge in [0, 0.05) is 6.42 Å². The number of ether oxygens (including phenoxy) is 1. The van der Waals surface area contributed by atoms with Gasteiger partial charge in [0.15, 0.2) is 0 Å². The van der Waals surface area contributed by atoms with Crippen LogP contribution in [0.3, 0.4) is 0 Å². The molecule has 0 atom stereocenters. The van der Waals surface area contributed by atoms with Gasteiger partial charge in [-0.3, -0.25) is 9.69 Å². The summed E-state index contributed by atoms with van der Waals surface area (Å²) in [7, 11) is -2.24. The number of fused-ring (bicyclic) bond motifs is 1. The number of aryl methyl sites for hydroxylation is 1. The molecule has 0 saturated heterocycles. The molecule has 0 spiro atoms. The summed E-state index contributed by atoms with van der Waals surface area (Å²) in [6, 6.07) is 12.2. The van der Waals surface area contributed by atoms with Crippen molar-refractivity contribution >= 4 is 27.0 Å². The van der Waals surface area contributed by atoms with Crippen molar-refractivity contribution in [2.45, 2.75) is 83.2 Å². The van der Waals surface area contributed by atoms with Crippen molar-refractivity contribution in [3.05, 3.63) is 65.0 Å². The molecular weight excluding hydrogens is 610 g/mol. The summed E-state index contributed by atoms with van der Waals surface area (Å²) in [4.78, 5) is 13.9. The number of unbranched alkanes of at least 4 members (excludes halogenated alkanes) is 4. The van der Waals surface area contributed by atoms with E-state index >= 15 is 0 Å². The number of hydrogen-bond donors (Lipinski definition) is 1. The van der Waals surface area contributed by atoms with Crippen LogP contribution in [0, 0.1) is 5.82 Å². The minimum absolute atomic E-state index is 0.0897. The van der Waals surface area contributed by atoms with Crippen LogP contribution in [-0.4, -0.2) is 68.8 Å². The molecule has 0 saturated carbocycles. The average molecular weight is 656 g/mol. The van der Waals surface area contributed by atoms with E-state index in [1.165, 1.54) is 30.4 Å². The molecule has 0 radical (unpaired) electrons. The highest BCUT2D eigenvalue weighted by molar-refractivity contribution is 7.91. The molecule has 1 N–H and O–H groups in total. The highest BCUT2D eigenvalue weighted by Gasteiger charge is 2.27. The number of phenolic OH excluding ortho intramolecular Hbond substituents is 1. The Balaban J connectivity index is 1.51. The van der Waals surface area contributed by atoms with Crippen LogP contribution in [0.15, 0.2) is 42.5 Å². The van der Waals surface area contributed by atoms with Crippen molar-refractivity contribution in [2.75, 3.05) is 38.2 Å². The molecule has 1 aliphatic carbocycles. The lowest BCUT2D eigenvalue weighted by molar-refractivity contribution is -0.142. The van der Waals surface area contributed by atoms with Gasteiger partial charge in [-0.2, -0.15) is 13.2 Å². The second kappa shape index (κ2) is 17.7. The summed E-state index contributed by atoms with van der Waals surface area (Å²) < 4.78 is 79.7. The summed E-state index contributed by atoms with van der Waals surface area (Å²) in [5.74, 6) is -1.05. The zero-order valence-electron chi connectivity index (χ0n) is 26.0. The molecule has 3 rings (SSSR count). The van der Waals surface area contributed by atoms with Crippen LogP contribution in [0.1, 0.15) is 87.3 Å². The Morgan fingerprint density at radius 2 is 1.58 bits per heavy atom. The van der Waals surface area contributed by atoms with E-state index < -0.39 is 34.6 Å². The van der Waals surface area contributed by atoms with E-state index in [2.05, 4.69) is 0 Å². The maximum Gasteiger partial charge on any atom is 0.389 e. The quantitative estimate of drug-likeness (QED) is 0.101. The Labute approximate surface area is 264 Å². The molecule has 0 heterocycles. The van der Waals surface area contributed by atoms with E-state index in [4.69, 9.17) is 4.74 Å². The number of halogens is 4. The fourth-order valence-electron chi connectivity index (χ4n) is 5.87. The molecule has 0 aliphatic heterocycles. The monoisotopic (exact) mass is 655 g/mol. The molecule has 6 nitrogen and oxygen atoms in total. The molecule has 0 aromatic heterocycles. The Hall–Kier alpha value is -2.92. The van der Waals surface area contributed by atoms with Gasteiger partial charge in [0.05, 0.1) is 25.2 Å². The second-order valence-electron chi connectivity index (χ2n) is 11.8. The average Bonchev–Trinajstić information content (AvgIpc) is 3.15. The van der Waals surface area contributed by atoms with Gasteiger partial charge < -0.3 is 9.84 Å². The number of rotatable bonds is 18. The molecule has 11 heteroatoms. The Morgan fingerprint density at radius 1 is 0.911 bits per heavy atom. The number of methoxy groups -OCH3 is 1. The molecule has 1 aliphatic rings. The number of carbonyl (C=O) groups is 1. The maximum atomic E-state index is 13.7. The topological polar surface area (TPSA) is 83.9 Å². The number of alkyl halides is 3. The number of sulfone groups is 1. The number of allylic oxidation sites excluding steroid dienone is 2. The standard InChI is InChI=1S/C34H45F4NO5S/c1-44-33(41)25-39(21-6-7-22-45(42,43)23-9-19-34(36,37)38)20-5-3-2-4-11-32-30(26-13-15-28(35)16-14-26)12-8-10-27-24-29(40)17-18-31(27)32/h13-18,24,40H,2-12,19-23,25H2,1H3. The smallest absolute Gasteiger partial charge is 0.389 e. The van der Waals surface area contributed by atoms with Crippen LogP contribution >= 0.6 is 0 Å². The third kappa shape index (κ3) is 13.1. The molecule has 0 amide bonds. The van der Waals surface area contributed by atoms with Crippen molar-refractivity contribution in [1.29, 1.82) is 0 Å². The zero-order valence-corrected chi connectivity index (χ0v) is 26.8. The number of carbonyl (C=O) groups excluding carboxylic acids is 1. The van der Waals surface area contributed by atoms with E-state index in [0.29, 0.717) is 25.9 Å². The highest BCUT2D eigenvalue weighted by atomic mass is 32.2. The number of phenols is 1. The molecular formula is C34H45F4NO5S. The number of esters is 1. The van der Waals surface area contributed by atoms with Crippen LogP contribution in [0.4, 0.5) is 17.6 Å². The molecule has 250 valence electrons. The summed E-state index contributed by atoms with van der Waals surface area (Å²) in [6.45, 7) is 1.22. The Bertz CT molecular complexity index is 1370. The molecule has 0 unspecified atom stereocenters. The highest BCUT2D eigenvalue weighted by Crippen LogP contribution is 2.39. The van der Waals surface area contributed by atoms with E-state index in [1.807, 2.05) is 29.2 Å². The van der Waals surface area contributed by atoms with Gasteiger partial charge in [0.25, 0.3) is 0 Å². The lowest BCUT2D eigenvalue weighted by atomic mass is 9.89. The van der Waals surface area contributed by atoms with E-state index in [-0.39, 0.29) is 29.8 Å². The van der Waals surface area contributed by atoms with Gasteiger partial charge in [-0.1, -0.05) is 31.0 Å². The first-order valence-electron chi connectivity index (χ1n) is 15.7. The Kier molecular flexibility index (Phi) is 14.4. The summed E-state index contributed by atoms with van der Waals surface area (Å²) in [5, 5.41) is 10.1. The van der Waals surface area contributed by atoms with Gasteiger partial charge >= 0.3 is 12.1 Å². The van der Waals surface area contributed by atoms with Gasteiger partial charge in [0.2, 0.25) is 0 Å². The summed E-state index contributed by atoms with van der Waals surface area (Å²) >= 11 is 0. The lowest BCUT2D eigenvalue weighted by Crippen LogP contribution is -2.32. The van der Waals surface area contributed by atoms with Crippen molar-refractivity contribution in [3.8, 4) is 5.75 Å². The first kappa shape index (κ1) is 36.5. The first-order chi connectivity index (χ1) is 21.4. The molecule has 2 aromatic rings. The normalized spacial score (nSPS) is 14.0. The Morgan fingerprint density at radius 3 is 2.27 bits per heavy atom. The van der Waals surface area contributed by atoms with E-state index in [0.717, 1.165) is 68.1 Å². The van der Waals surface area contributed by atoms with Crippen molar-refractivity contribution in [2.24, 2.45) is 0 Å². The van der Waals surface area contributed by atoms with Crippen LogP contribution in [-0.2, 0) is 25.8 Å². The number of hydrogen-bond acceptors (Lipinski definition) is 6. The number of nitrogens with zero attached hydrogens (tertiary/aromatic N) is 1. The minimum Gasteiger partial charge on any atom is -0.508 e. The third-order valence-corrected chi connectivity index (χ3v) is 9.99. The van der Waals surface area contributed by atoms with Gasteiger partial charge in [0.1, 0.15) is 21.4 Å². The lowest BCUT2D eigenvalue weighted by Gasteiger charge is -2.21. The van der Waals surface area contributed by atoms with Crippen LogP contribution in [0.5, 0.6) is 5.75 Å². The van der Waals surface area contributed by atoms with Crippen molar-refractivity contribution < 1.29 is 40.6 Å². The molecule has 0 fully saturated rings. The van der Waals surface area contributed by atoms with E-state index in [9.17, 15) is 35.9 Å². The second-order valence-corrected chi connectivity index (χ2v) is 14.1. The van der Waals surface area contributed by atoms with Crippen molar-refractivity contribution in [1.82, 2.24) is 4.90 Å². The number of benzene rings is 2. The minimum atomic E-state index is -4.36. The first-order valence-corrected chi connectivity index (χ1v) is 17.6. The van der Waals surface area contributed by atoms with E-state index in [1.54, 1.807) is 6.07 Å². The number of aromatic hydroxyl groups is 1. The third-order valence-electron chi connectivity index (χ3n) is 8.17. The fourth-order valence-corrected chi connectivity index (χ4v) is 7.30. The van der Waals surface area contributed by atoms with Crippen LogP contribution < -0.4 is 0 Å². The van der Waals surface area contributed by atoms with Gasteiger partial charge in [-0.25, -0.2) is 12.8 Å². The molecule has 45 heavy (non-hydrogen) atoms. The van der Waals surface area contributed by atoms with Crippen LogP contribution in [0.2, 0.25) is 0 Å². The summed E-state index contributed by atoms with van der Waals surface area (Å²) in [5.41, 5.74) is 5.71. The maximum absolute atomic E-state index is 13.7. The zero-order chi connectivity index (χ0) is 32.9. The van der Waals surface area contributed by atoms with Crippen molar-refractivity contribution in [3.63, 3.8) is 0 Å². The largest absolute Gasteiger partial charge is 0.508 e. The molecule has 0 bridgehead atoms. The summed E-state index contributed by atoms with van der Waals surface area (Å²) in [6.07, 6.45) is 2.08. The SMILES string of the molecule is COC(=O)CN(CCCCCCC1=C(c2ccc(F)cc2)CCCc2cc(O)ccc21)CCCCS(=O)(=O)CCCC(F)(F)F. The van der Waals surface area contributed by atoms with Crippen LogP contribution in [0.25, 0.3) is 11.1 Å². The predicted octanol–water partition coefficient (Wildman–Crippen LogP) is 7.74. The fraction of sp³-hybridized carbons (Fsp3) is 0.559. The van der Waals surface area contributed by atoms with Gasteiger partial charge in [-0.15, -0.1) is 0 Å². The van der Waals surface area contributed by atoms with Gasteiger partial charge in [-0.05, 0) is 123 Å². The predicted molar refractivity (Wildman–Crippen MR) is 169 cm³/mol.